The third-order valence-electron chi connectivity index (χ3n) is 6.61. The number of hydrogen-bond acceptors (Lipinski definition) is 4. The molecule has 1 atom stereocenters. The van der Waals surface area contributed by atoms with Gasteiger partial charge in [-0.2, -0.15) is 0 Å². The summed E-state index contributed by atoms with van der Waals surface area (Å²) in [5, 5.41) is 6.11. The molecule has 30 heavy (non-hydrogen) atoms. The normalized spacial score (nSPS) is 22.0. The number of ether oxygens (including phenoxy) is 1. The van der Waals surface area contributed by atoms with Gasteiger partial charge in [0.05, 0.1) is 16.6 Å². The van der Waals surface area contributed by atoms with Gasteiger partial charge >= 0.3 is 0 Å². The number of fused-ring (bicyclic) bond motifs is 1. The quantitative estimate of drug-likeness (QED) is 0.758. The zero-order chi connectivity index (χ0) is 20.7. The Kier molecular flexibility index (Phi) is 5.23. The lowest BCUT2D eigenvalue weighted by Crippen LogP contribution is -2.26. The number of carbonyl (C=O) groups excluding carboxylic acids is 2. The largest absolute Gasteiger partial charge is 0.370 e. The third kappa shape index (κ3) is 3.95. The van der Waals surface area contributed by atoms with Crippen LogP contribution in [0.15, 0.2) is 12.1 Å². The Bertz CT molecular complexity index is 966. The zero-order valence-corrected chi connectivity index (χ0v) is 17.6. The molecule has 1 aromatic carbocycles. The SMILES string of the molecule is Cn1c(C2CCCO2)nc2cc(NC(=O)CC3CCCC3)cc(C(=O)NC3CC3)c21. The van der Waals surface area contributed by atoms with Crippen LogP contribution in [-0.2, 0) is 16.6 Å². The minimum absolute atomic E-state index is 0.0186. The summed E-state index contributed by atoms with van der Waals surface area (Å²) in [7, 11) is 1.94. The number of imidazole rings is 1. The molecule has 0 radical (unpaired) electrons. The van der Waals surface area contributed by atoms with Crippen molar-refractivity contribution < 1.29 is 14.3 Å². The van der Waals surface area contributed by atoms with Crippen molar-refractivity contribution in [3.63, 3.8) is 0 Å². The van der Waals surface area contributed by atoms with E-state index < -0.39 is 0 Å². The van der Waals surface area contributed by atoms with Crippen molar-refractivity contribution in [1.82, 2.24) is 14.9 Å². The maximum atomic E-state index is 13.0. The molecule has 7 nitrogen and oxygen atoms in total. The van der Waals surface area contributed by atoms with Gasteiger partial charge in [0.25, 0.3) is 5.91 Å². The lowest BCUT2D eigenvalue weighted by Gasteiger charge is -2.13. The van der Waals surface area contributed by atoms with Crippen LogP contribution >= 0.6 is 0 Å². The number of amides is 2. The Labute approximate surface area is 176 Å². The molecule has 160 valence electrons. The Morgan fingerprint density at radius 2 is 1.93 bits per heavy atom. The first-order chi connectivity index (χ1) is 14.6. The minimum Gasteiger partial charge on any atom is -0.370 e. The van der Waals surface area contributed by atoms with Crippen LogP contribution in [0.4, 0.5) is 5.69 Å². The highest BCUT2D eigenvalue weighted by Crippen LogP contribution is 2.33. The molecule has 1 saturated heterocycles. The van der Waals surface area contributed by atoms with Crippen molar-refractivity contribution in [2.24, 2.45) is 13.0 Å². The Morgan fingerprint density at radius 3 is 2.63 bits per heavy atom. The molecule has 2 aliphatic carbocycles. The van der Waals surface area contributed by atoms with E-state index in [1.165, 1.54) is 12.8 Å². The lowest BCUT2D eigenvalue weighted by atomic mass is 10.0. The predicted octanol–water partition coefficient (Wildman–Crippen LogP) is 3.84. The second kappa shape index (κ2) is 8.02. The molecule has 2 aromatic rings. The predicted molar refractivity (Wildman–Crippen MR) is 114 cm³/mol. The number of aryl methyl sites for hydroxylation is 1. The highest BCUT2D eigenvalue weighted by atomic mass is 16.5. The van der Waals surface area contributed by atoms with E-state index in [0.29, 0.717) is 23.6 Å². The summed E-state index contributed by atoms with van der Waals surface area (Å²) >= 11 is 0. The van der Waals surface area contributed by atoms with Gasteiger partial charge in [-0.05, 0) is 56.6 Å². The van der Waals surface area contributed by atoms with Crippen molar-refractivity contribution >= 4 is 28.5 Å². The molecule has 2 heterocycles. The summed E-state index contributed by atoms with van der Waals surface area (Å²) in [6.07, 6.45) is 9.21. The van der Waals surface area contributed by atoms with Gasteiger partial charge in [-0.15, -0.1) is 0 Å². The van der Waals surface area contributed by atoms with Gasteiger partial charge < -0.3 is 19.9 Å². The molecule has 1 aliphatic heterocycles. The van der Waals surface area contributed by atoms with Crippen LogP contribution in [0.25, 0.3) is 11.0 Å². The van der Waals surface area contributed by atoms with Crippen LogP contribution in [0, 0.1) is 5.92 Å². The van der Waals surface area contributed by atoms with E-state index in [1.807, 2.05) is 17.7 Å². The van der Waals surface area contributed by atoms with E-state index in [2.05, 4.69) is 10.6 Å². The first kappa shape index (κ1) is 19.5. The van der Waals surface area contributed by atoms with Crippen LogP contribution < -0.4 is 10.6 Å². The molecule has 1 unspecified atom stereocenters. The van der Waals surface area contributed by atoms with Gasteiger partial charge in [0.15, 0.2) is 0 Å². The Hall–Kier alpha value is -2.41. The molecular weight excluding hydrogens is 380 g/mol. The van der Waals surface area contributed by atoms with Crippen LogP contribution in [-0.4, -0.2) is 34.0 Å². The number of aromatic nitrogens is 2. The highest BCUT2D eigenvalue weighted by Gasteiger charge is 2.29. The summed E-state index contributed by atoms with van der Waals surface area (Å²) in [6, 6.07) is 3.95. The smallest absolute Gasteiger partial charge is 0.253 e. The van der Waals surface area contributed by atoms with Crippen LogP contribution in [0.2, 0.25) is 0 Å². The molecule has 5 rings (SSSR count). The fourth-order valence-corrected chi connectivity index (χ4v) is 4.86. The average Bonchev–Trinajstić information content (AvgIpc) is 3.12. The van der Waals surface area contributed by atoms with E-state index >= 15 is 0 Å². The highest BCUT2D eigenvalue weighted by molar-refractivity contribution is 6.08. The van der Waals surface area contributed by atoms with E-state index in [0.717, 1.165) is 62.0 Å². The standard InChI is InChI=1S/C23H30N4O3/c1-27-21-17(23(29)25-15-8-9-15)12-16(24-20(28)11-14-5-2-3-6-14)13-18(21)26-22(27)19-7-4-10-30-19/h12-15,19H,2-11H2,1H3,(H,24,28)(H,25,29). The van der Waals surface area contributed by atoms with Crippen molar-refractivity contribution in [2.75, 3.05) is 11.9 Å². The summed E-state index contributed by atoms with van der Waals surface area (Å²) in [5.74, 6) is 1.24. The summed E-state index contributed by atoms with van der Waals surface area (Å²) in [4.78, 5) is 30.4. The maximum absolute atomic E-state index is 13.0. The first-order valence-electron chi connectivity index (χ1n) is 11.3. The molecule has 2 saturated carbocycles. The number of nitrogens with one attached hydrogen (secondary N) is 2. The number of nitrogens with zero attached hydrogens (tertiary/aromatic N) is 2. The third-order valence-corrected chi connectivity index (χ3v) is 6.61. The number of carbonyl (C=O) groups is 2. The molecular formula is C23H30N4O3. The van der Waals surface area contributed by atoms with E-state index in [1.54, 1.807) is 6.07 Å². The van der Waals surface area contributed by atoms with Crippen LogP contribution in [0.1, 0.15) is 80.1 Å². The molecule has 2 N–H and O–H groups in total. The lowest BCUT2D eigenvalue weighted by molar-refractivity contribution is -0.117. The fourth-order valence-electron chi connectivity index (χ4n) is 4.86. The number of anilines is 1. The fraction of sp³-hybridized carbons (Fsp3) is 0.609. The topological polar surface area (TPSA) is 85.2 Å². The summed E-state index contributed by atoms with van der Waals surface area (Å²) < 4.78 is 7.82. The first-order valence-corrected chi connectivity index (χ1v) is 11.3. The molecule has 3 fully saturated rings. The minimum atomic E-state index is -0.101. The monoisotopic (exact) mass is 410 g/mol. The van der Waals surface area contributed by atoms with Gasteiger partial charge in [-0.25, -0.2) is 4.98 Å². The van der Waals surface area contributed by atoms with Crippen molar-refractivity contribution in [1.29, 1.82) is 0 Å². The molecule has 0 bridgehead atoms. The van der Waals surface area contributed by atoms with E-state index in [-0.39, 0.29) is 24.0 Å². The van der Waals surface area contributed by atoms with Crippen molar-refractivity contribution in [3.05, 3.63) is 23.5 Å². The Balaban J connectivity index is 1.47. The van der Waals surface area contributed by atoms with Crippen molar-refractivity contribution in [3.8, 4) is 0 Å². The average molecular weight is 411 g/mol. The number of hydrogen-bond donors (Lipinski definition) is 2. The molecule has 1 aromatic heterocycles. The van der Waals surface area contributed by atoms with Gasteiger partial charge in [0, 0.05) is 31.8 Å². The molecule has 0 spiro atoms. The second-order valence-electron chi connectivity index (χ2n) is 9.07. The Morgan fingerprint density at radius 1 is 1.13 bits per heavy atom. The molecule has 2 amide bonds. The summed E-state index contributed by atoms with van der Waals surface area (Å²) in [5.41, 5.74) is 2.73. The van der Waals surface area contributed by atoms with Crippen molar-refractivity contribution in [2.45, 2.75) is 69.9 Å². The van der Waals surface area contributed by atoms with Gasteiger partial charge in [0.1, 0.15) is 11.9 Å². The molecule has 3 aliphatic rings. The summed E-state index contributed by atoms with van der Waals surface area (Å²) in [6.45, 7) is 0.741. The van der Waals surface area contributed by atoms with Crippen LogP contribution in [0.3, 0.4) is 0 Å². The van der Waals surface area contributed by atoms with Gasteiger partial charge in [0.2, 0.25) is 5.91 Å². The van der Waals surface area contributed by atoms with Gasteiger partial charge in [-0.1, -0.05) is 12.8 Å². The second-order valence-corrected chi connectivity index (χ2v) is 9.07. The maximum Gasteiger partial charge on any atom is 0.253 e. The number of benzene rings is 1. The molecule has 7 heteroatoms. The van der Waals surface area contributed by atoms with E-state index in [9.17, 15) is 9.59 Å². The number of rotatable bonds is 6. The zero-order valence-electron chi connectivity index (χ0n) is 17.6. The van der Waals surface area contributed by atoms with E-state index in [4.69, 9.17) is 9.72 Å². The van der Waals surface area contributed by atoms with Crippen LogP contribution in [0.5, 0.6) is 0 Å². The van der Waals surface area contributed by atoms with Gasteiger partial charge in [-0.3, -0.25) is 9.59 Å².